The van der Waals surface area contributed by atoms with E-state index in [1.54, 1.807) is 42.5 Å². The van der Waals surface area contributed by atoms with E-state index in [0.717, 1.165) is 16.5 Å². The van der Waals surface area contributed by atoms with Crippen LogP contribution in [0.1, 0.15) is 21.7 Å². The van der Waals surface area contributed by atoms with Crippen LogP contribution in [0.25, 0.3) is 33.1 Å². The van der Waals surface area contributed by atoms with E-state index in [4.69, 9.17) is 20.4 Å². The van der Waals surface area contributed by atoms with Gasteiger partial charge in [0.25, 0.3) is 0 Å². The van der Waals surface area contributed by atoms with Crippen molar-refractivity contribution in [2.45, 2.75) is 6.92 Å². The van der Waals surface area contributed by atoms with Crippen LogP contribution in [0.2, 0.25) is 5.02 Å². The van der Waals surface area contributed by atoms with Gasteiger partial charge in [0.2, 0.25) is 5.78 Å². The number of aryl methyl sites for hydroxylation is 1. The minimum atomic E-state index is -0.452. The second-order valence-corrected chi connectivity index (χ2v) is 7.51. The SMILES string of the molecule is Cc1cc(=O)oc2c1ccc1oc(C(=O)c3ccccc3)c(-c3ccc(Cl)cc3)c12. The average molecular weight is 415 g/mol. The number of halogens is 1. The van der Waals surface area contributed by atoms with E-state index in [1.807, 2.05) is 31.2 Å². The molecule has 0 atom stereocenters. The fraction of sp³-hybridized carbons (Fsp3) is 0.0400. The molecular weight excluding hydrogens is 400 g/mol. The number of fused-ring (bicyclic) bond motifs is 3. The zero-order chi connectivity index (χ0) is 20.8. The zero-order valence-corrected chi connectivity index (χ0v) is 16.7. The van der Waals surface area contributed by atoms with E-state index in [-0.39, 0.29) is 11.5 Å². The molecule has 3 aromatic carbocycles. The summed E-state index contributed by atoms with van der Waals surface area (Å²) in [5, 5.41) is 1.96. The van der Waals surface area contributed by atoms with E-state index >= 15 is 0 Å². The first kappa shape index (κ1) is 18.4. The summed E-state index contributed by atoms with van der Waals surface area (Å²) in [4.78, 5) is 25.5. The largest absolute Gasteiger partial charge is 0.452 e. The van der Waals surface area contributed by atoms with E-state index in [1.165, 1.54) is 6.07 Å². The topological polar surface area (TPSA) is 60.4 Å². The van der Waals surface area contributed by atoms with E-state index in [2.05, 4.69) is 0 Å². The predicted octanol–water partition coefficient (Wildman–Crippen LogP) is 6.40. The standard InChI is InChI=1S/C25H15ClO4/c1-14-13-20(27)30-24-18(14)11-12-19-22(24)21(15-7-9-17(26)10-8-15)25(29-19)23(28)16-5-3-2-4-6-16/h2-13H,1H3. The molecule has 2 heterocycles. The third-order valence-corrected chi connectivity index (χ3v) is 5.40. The highest BCUT2D eigenvalue weighted by Gasteiger charge is 2.25. The van der Waals surface area contributed by atoms with Gasteiger partial charge >= 0.3 is 5.63 Å². The van der Waals surface area contributed by atoms with E-state index < -0.39 is 5.63 Å². The van der Waals surface area contributed by atoms with Gasteiger partial charge in [0, 0.05) is 27.6 Å². The smallest absolute Gasteiger partial charge is 0.336 e. The molecule has 2 aromatic heterocycles. The monoisotopic (exact) mass is 414 g/mol. The normalized spacial score (nSPS) is 11.3. The quantitative estimate of drug-likeness (QED) is 0.253. The Morgan fingerprint density at radius 3 is 2.37 bits per heavy atom. The molecule has 0 radical (unpaired) electrons. The molecule has 146 valence electrons. The highest BCUT2D eigenvalue weighted by atomic mass is 35.5. The van der Waals surface area contributed by atoms with Crippen LogP contribution in [-0.4, -0.2) is 5.78 Å². The summed E-state index contributed by atoms with van der Waals surface area (Å²) in [7, 11) is 0. The molecule has 0 aliphatic heterocycles. The zero-order valence-electron chi connectivity index (χ0n) is 15.9. The maximum Gasteiger partial charge on any atom is 0.336 e. The van der Waals surface area contributed by atoms with Crippen molar-refractivity contribution in [3.05, 3.63) is 105 Å². The number of hydrogen-bond acceptors (Lipinski definition) is 4. The molecule has 0 aliphatic carbocycles. The molecule has 5 heteroatoms. The Balaban J connectivity index is 1.92. The highest BCUT2D eigenvalue weighted by Crippen LogP contribution is 2.40. The molecule has 4 nitrogen and oxygen atoms in total. The molecule has 0 unspecified atom stereocenters. The molecular formula is C25H15ClO4. The fourth-order valence-corrected chi connectivity index (χ4v) is 3.86. The number of carbonyl (C=O) groups excluding carboxylic acids is 1. The Morgan fingerprint density at radius 1 is 0.900 bits per heavy atom. The van der Waals surface area contributed by atoms with Crippen molar-refractivity contribution in [3.8, 4) is 11.1 Å². The maximum atomic E-state index is 13.3. The van der Waals surface area contributed by atoms with Gasteiger partial charge in [-0.3, -0.25) is 4.79 Å². The van der Waals surface area contributed by atoms with Crippen LogP contribution in [0.5, 0.6) is 0 Å². The summed E-state index contributed by atoms with van der Waals surface area (Å²) in [6.45, 7) is 1.85. The third-order valence-electron chi connectivity index (χ3n) is 5.15. The van der Waals surface area contributed by atoms with Crippen LogP contribution in [0.15, 0.2) is 86.4 Å². The van der Waals surface area contributed by atoms with Crippen molar-refractivity contribution >= 4 is 39.3 Å². The van der Waals surface area contributed by atoms with Gasteiger partial charge in [-0.25, -0.2) is 4.79 Å². The van der Waals surface area contributed by atoms with Crippen molar-refractivity contribution in [1.29, 1.82) is 0 Å². The second kappa shape index (κ2) is 7.01. The minimum Gasteiger partial charge on any atom is -0.452 e. The summed E-state index contributed by atoms with van der Waals surface area (Å²) in [5.41, 5.74) is 3.05. The Hall–Kier alpha value is -3.63. The van der Waals surface area contributed by atoms with Gasteiger partial charge in [0.15, 0.2) is 5.76 Å². The number of hydrogen-bond donors (Lipinski definition) is 0. The van der Waals surface area contributed by atoms with Gasteiger partial charge in [-0.15, -0.1) is 0 Å². The lowest BCUT2D eigenvalue weighted by atomic mass is 9.96. The maximum absolute atomic E-state index is 13.3. The molecule has 0 saturated heterocycles. The molecule has 5 rings (SSSR count). The van der Waals surface area contributed by atoms with Crippen molar-refractivity contribution in [3.63, 3.8) is 0 Å². The van der Waals surface area contributed by atoms with Gasteiger partial charge in [-0.05, 0) is 42.3 Å². The van der Waals surface area contributed by atoms with Gasteiger partial charge in [0.05, 0.1) is 5.39 Å². The first-order valence-corrected chi connectivity index (χ1v) is 9.76. The molecule has 0 bridgehead atoms. The lowest BCUT2D eigenvalue weighted by Crippen LogP contribution is -2.01. The molecule has 0 N–H and O–H groups in total. The number of carbonyl (C=O) groups is 1. The number of benzene rings is 3. The summed E-state index contributed by atoms with van der Waals surface area (Å²) in [6, 6.07) is 21.2. The van der Waals surface area contributed by atoms with Crippen molar-refractivity contribution in [2.75, 3.05) is 0 Å². The fourth-order valence-electron chi connectivity index (χ4n) is 3.73. The van der Waals surface area contributed by atoms with Crippen LogP contribution in [0.3, 0.4) is 0 Å². The van der Waals surface area contributed by atoms with Crippen molar-refractivity contribution in [1.82, 2.24) is 0 Å². The molecule has 0 aliphatic rings. The number of furan rings is 1. The molecule has 30 heavy (non-hydrogen) atoms. The first-order chi connectivity index (χ1) is 14.5. The summed E-state index contributed by atoms with van der Waals surface area (Å²) < 4.78 is 11.6. The Bertz CT molecular complexity index is 1480. The first-order valence-electron chi connectivity index (χ1n) is 9.38. The van der Waals surface area contributed by atoms with Crippen LogP contribution in [-0.2, 0) is 0 Å². The Morgan fingerprint density at radius 2 is 1.63 bits per heavy atom. The molecule has 0 spiro atoms. The molecule has 0 amide bonds. The Kier molecular flexibility index (Phi) is 4.30. The van der Waals surface area contributed by atoms with E-state index in [0.29, 0.717) is 32.7 Å². The van der Waals surface area contributed by atoms with Gasteiger partial charge in [0.1, 0.15) is 11.2 Å². The van der Waals surface area contributed by atoms with Crippen LogP contribution in [0, 0.1) is 6.92 Å². The summed E-state index contributed by atoms with van der Waals surface area (Å²) in [5.74, 6) is -0.0601. The average Bonchev–Trinajstić information content (AvgIpc) is 3.14. The van der Waals surface area contributed by atoms with E-state index in [9.17, 15) is 9.59 Å². The van der Waals surface area contributed by atoms with Crippen LogP contribution < -0.4 is 5.63 Å². The van der Waals surface area contributed by atoms with Crippen molar-refractivity contribution in [2.24, 2.45) is 0 Å². The van der Waals surface area contributed by atoms with Crippen molar-refractivity contribution < 1.29 is 13.6 Å². The molecule has 0 saturated carbocycles. The second-order valence-electron chi connectivity index (χ2n) is 7.07. The van der Waals surface area contributed by atoms with Crippen LogP contribution >= 0.6 is 11.6 Å². The van der Waals surface area contributed by atoms with Crippen LogP contribution in [0.4, 0.5) is 0 Å². The number of rotatable bonds is 3. The lowest BCUT2D eigenvalue weighted by Gasteiger charge is -2.06. The Labute approximate surface area is 176 Å². The molecule has 0 fully saturated rings. The summed E-state index contributed by atoms with van der Waals surface area (Å²) in [6.07, 6.45) is 0. The highest BCUT2D eigenvalue weighted by molar-refractivity contribution is 6.30. The number of ketones is 1. The lowest BCUT2D eigenvalue weighted by molar-refractivity contribution is 0.101. The molecule has 5 aromatic rings. The van der Waals surface area contributed by atoms with Gasteiger partial charge in [-0.2, -0.15) is 0 Å². The van der Waals surface area contributed by atoms with Gasteiger partial charge < -0.3 is 8.83 Å². The summed E-state index contributed by atoms with van der Waals surface area (Å²) >= 11 is 6.08. The predicted molar refractivity (Wildman–Crippen MR) is 117 cm³/mol. The third kappa shape index (κ3) is 2.93. The minimum absolute atomic E-state index is 0.190. The van der Waals surface area contributed by atoms with Gasteiger partial charge in [-0.1, -0.05) is 54.1 Å².